The van der Waals surface area contributed by atoms with Crippen molar-refractivity contribution >= 4 is 50.9 Å². The number of aryl methyl sites for hydroxylation is 1. The minimum atomic E-state index is -0.972. The molecular formula is C57H67F2N9O7. The van der Waals surface area contributed by atoms with Crippen LogP contribution < -0.4 is 29.9 Å². The van der Waals surface area contributed by atoms with Crippen molar-refractivity contribution in [2.75, 3.05) is 82.7 Å². The summed E-state index contributed by atoms with van der Waals surface area (Å²) < 4.78 is 50.5. The molecule has 396 valence electrons. The number of amides is 3. The van der Waals surface area contributed by atoms with E-state index in [1.54, 1.807) is 36.2 Å². The zero-order chi connectivity index (χ0) is 51.8. The number of ether oxygens (including phenoxy) is 3. The van der Waals surface area contributed by atoms with Crippen molar-refractivity contribution < 1.29 is 42.5 Å². The molecule has 3 N–H and O–H groups in total. The lowest BCUT2D eigenvalue weighted by Gasteiger charge is -2.57. The standard InChI is InChI=1S/C57H67F2N9O7/c1-4-37-42(58)10-9-34-23-36(75-33-73-3)24-39(47(34)37)49-48(59)50-40(27-61-49)51(66-19-6-13-55(2,72)30-66)64-54(63-50)74-32-57(14-15-57)31-65-20-16-56(17-21-65)25-35(26-56)45-28-60-18-22-67(45)43-8-5-7-38-41(43)29-68(53(38)71)44-11-12-46(69)62-52(44)70/h5,7-10,23-24,27,35,44-45,60,72H,4,6,11-22,25-26,28-33H2,1-3H3,(H,62,69,70)/t44?,45?,55-/m1/s1. The second kappa shape index (κ2) is 19.5. The molecule has 5 aliphatic heterocycles. The van der Waals surface area contributed by atoms with Gasteiger partial charge in [0.05, 0.1) is 17.6 Å². The Balaban J connectivity index is 0.737. The van der Waals surface area contributed by atoms with Gasteiger partial charge >= 0.3 is 6.01 Å². The van der Waals surface area contributed by atoms with Gasteiger partial charge in [-0.05, 0) is 142 Å². The molecule has 0 radical (unpaired) electrons. The number of aromatic nitrogens is 3. The lowest BCUT2D eigenvalue weighted by molar-refractivity contribution is -0.136. The highest BCUT2D eigenvalue weighted by Crippen LogP contribution is 2.56. The number of benzene rings is 3. The van der Waals surface area contributed by atoms with E-state index >= 15 is 8.78 Å². The molecule has 7 heterocycles. The molecule has 1 spiro atoms. The Hall–Kier alpha value is -6.08. The van der Waals surface area contributed by atoms with Crippen LogP contribution in [-0.4, -0.2) is 138 Å². The first-order valence-electron chi connectivity index (χ1n) is 27.0. The van der Waals surface area contributed by atoms with E-state index in [0.29, 0.717) is 107 Å². The number of nitrogens with one attached hydrogen (secondary N) is 2. The van der Waals surface area contributed by atoms with Gasteiger partial charge in [-0.3, -0.25) is 24.7 Å². The van der Waals surface area contributed by atoms with E-state index in [1.165, 1.54) is 13.2 Å². The van der Waals surface area contributed by atoms with Crippen LogP contribution in [0.1, 0.15) is 99.5 Å². The van der Waals surface area contributed by atoms with Gasteiger partial charge in [0.1, 0.15) is 34.6 Å². The average molecular weight is 1030 g/mol. The van der Waals surface area contributed by atoms with Gasteiger partial charge in [-0.25, -0.2) is 8.78 Å². The summed E-state index contributed by atoms with van der Waals surface area (Å²) in [6.45, 7) is 10.8. The Morgan fingerprint density at radius 1 is 0.933 bits per heavy atom. The lowest BCUT2D eigenvalue weighted by Crippen LogP contribution is -2.60. The number of carbonyl (C=O) groups excluding carboxylic acids is 3. The molecule has 0 bridgehead atoms. The van der Waals surface area contributed by atoms with Crippen LogP contribution in [-0.2, 0) is 27.3 Å². The van der Waals surface area contributed by atoms with E-state index < -0.39 is 23.4 Å². The summed E-state index contributed by atoms with van der Waals surface area (Å²) in [5, 5.41) is 18.9. The molecular weight excluding hydrogens is 961 g/mol. The molecule has 7 aliphatic rings. The molecule has 3 amide bonds. The number of piperazine rings is 1. The molecule has 2 aromatic heterocycles. The molecule has 4 saturated heterocycles. The van der Waals surface area contributed by atoms with Gasteiger partial charge in [-0.1, -0.05) is 19.1 Å². The number of piperidine rings is 3. The molecule has 2 saturated carbocycles. The van der Waals surface area contributed by atoms with Crippen molar-refractivity contribution in [2.24, 2.45) is 16.7 Å². The van der Waals surface area contributed by atoms with E-state index in [4.69, 9.17) is 29.2 Å². The Labute approximate surface area is 435 Å². The average Bonchev–Trinajstić information content (AvgIpc) is 4.10. The quantitative estimate of drug-likeness (QED) is 0.0773. The number of rotatable bonds is 14. The van der Waals surface area contributed by atoms with E-state index in [-0.39, 0.29) is 53.5 Å². The first-order chi connectivity index (χ1) is 36.2. The maximum absolute atomic E-state index is 17.5. The summed E-state index contributed by atoms with van der Waals surface area (Å²) in [5.41, 5.74) is 2.82. The zero-order valence-corrected chi connectivity index (χ0v) is 43.2. The Kier molecular flexibility index (Phi) is 12.9. The van der Waals surface area contributed by atoms with E-state index in [0.717, 1.165) is 95.5 Å². The second-order valence-electron chi connectivity index (χ2n) is 22.9. The van der Waals surface area contributed by atoms with Crippen molar-refractivity contribution in [3.8, 4) is 23.0 Å². The normalized spacial score (nSPS) is 24.7. The van der Waals surface area contributed by atoms with Gasteiger partial charge in [0.15, 0.2) is 12.6 Å². The minimum absolute atomic E-state index is 0.00101. The molecule has 3 atom stereocenters. The predicted molar refractivity (Wildman–Crippen MR) is 279 cm³/mol. The van der Waals surface area contributed by atoms with Crippen LogP contribution in [0.5, 0.6) is 11.8 Å². The third kappa shape index (κ3) is 9.32. The number of β-amino-alcohol motifs (C(OH)–C–C–N with tert-alkyl or cyclic N) is 1. The van der Waals surface area contributed by atoms with Crippen LogP contribution in [0.25, 0.3) is 32.9 Å². The largest absolute Gasteiger partial charge is 0.468 e. The summed E-state index contributed by atoms with van der Waals surface area (Å²) >= 11 is 0. The highest BCUT2D eigenvalue weighted by molar-refractivity contribution is 6.06. The highest BCUT2D eigenvalue weighted by atomic mass is 19.1. The predicted octanol–water partition coefficient (Wildman–Crippen LogP) is 6.91. The number of hydrogen-bond acceptors (Lipinski definition) is 14. The van der Waals surface area contributed by atoms with Gasteiger partial charge in [0, 0.05) is 99.4 Å². The molecule has 2 unspecified atom stereocenters. The van der Waals surface area contributed by atoms with Crippen LogP contribution >= 0.6 is 0 Å². The van der Waals surface area contributed by atoms with Gasteiger partial charge in [0.2, 0.25) is 11.8 Å². The van der Waals surface area contributed by atoms with Crippen molar-refractivity contribution in [2.45, 2.75) is 109 Å². The molecule has 12 rings (SSSR count). The number of aliphatic hydroxyl groups is 1. The number of anilines is 2. The molecule has 3 aromatic carbocycles. The Morgan fingerprint density at radius 3 is 2.52 bits per heavy atom. The van der Waals surface area contributed by atoms with Gasteiger partial charge in [0.25, 0.3) is 5.91 Å². The summed E-state index contributed by atoms with van der Waals surface area (Å²) in [6, 6.07) is 12.2. The number of likely N-dealkylation sites (tertiary alicyclic amines) is 1. The molecule has 16 nitrogen and oxygen atoms in total. The fourth-order valence-corrected chi connectivity index (χ4v) is 13.6. The SMILES string of the molecule is CCc1c(F)ccc2cc(OCOC)cc(-c3ncc4c(N5CCC[C@@](C)(O)C5)nc(OCC5(CN6CCC7(CC6)CC(C6CNCCN6c6cccc8c6CN(C6CCC(=O)NC6=O)C8=O)C7)CC5)nc4c3F)c12. The third-order valence-electron chi connectivity index (χ3n) is 17.7. The summed E-state index contributed by atoms with van der Waals surface area (Å²) in [6.07, 6.45) is 10.5. The molecule has 5 aromatic rings. The number of pyridine rings is 1. The number of hydrogen-bond donors (Lipinski definition) is 3. The fraction of sp³-hybridized carbons (Fsp3) is 0.544. The van der Waals surface area contributed by atoms with Crippen molar-refractivity contribution in [1.29, 1.82) is 0 Å². The minimum Gasteiger partial charge on any atom is -0.468 e. The van der Waals surface area contributed by atoms with Crippen LogP contribution in [0.15, 0.2) is 48.7 Å². The third-order valence-corrected chi connectivity index (χ3v) is 17.7. The topological polar surface area (TPSA) is 175 Å². The van der Waals surface area contributed by atoms with Crippen molar-refractivity contribution in [3.05, 3.63) is 77.0 Å². The summed E-state index contributed by atoms with van der Waals surface area (Å²) in [7, 11) is 1.52. The van der Waals surface area contributed by atoms with Gasteiger partial charge in [-0.15, -0.1) is 0 Å². The first-order valence-corrected chi connectivity index (χ1v) is 27.0. The first kappa shape index (κ1) is 49.8. The Bertz CT molecular complexity index is 3080. The monoisotopic (exact) mass is 1030 g/mol. The highest BCUT2D eigenvalue weighted by Gasteiger charge is 2.52. The zero-order valence-electron chi connectivity index (χ0n) is 43.2. The summed E-state index contributed by atoms with van der Waals surface area (Å²) in [4.78, 5) is 61.6. The van der Waals surface area contributed by atoms with Crippen LogP contribution in [0, 0.1) is 28.4 Å². The number of methoxy groups -OCH3 is 1. The maximum atomic E-state index is 17.5. The van der Waals surface area contributed by atoms with Gasteiger partial charge in [-0.2, -0.15) is 9.97 Å². The van der Waals surface area contributed by atoms with Crippen molar-refractivity contribution in [3.63, 3.8) is 0 Å². The summed E-state index contributed by atoms with van der Waals surface area (Å²) in [5.74, 6) is -0.507. The van der Waals surface area contributed by atoms with E-state index in [1.807, 2.05) is 24.0 Å². The molecule has 18 heteroatoms. The number of nitrogens with zero attached hydrogens (tertiary/aromatic N) is 7. The molecule has 75 heavy (non-hydrogen) atoms. The van der Waals surface area contributed by atoms with Crippen LogP contribution in [0.3, 0.4) is 0 Å². The fourth-order valence-electron chi connectivity index (χ4n) is 13.6. The number of fused-ring (bicyclic) bond motifs is 3. The van der Waals surface area contributed by atoms with Crippen LogP contribution in [0.2, 0.25) is 0 Å². The van der Waals surface area contributed by atoms with E-state index in [2.05, 4.69) is 26.5 Å². The maximum Gasteiger partial charge on any atom is 0.319 e. The Morgan fingerprint density at radius 2 is 1.76 bits per heavy atom. The van der Waals surface area contributed by atoms with E-state index in [9.17, 15) is 19.5 Å². The van der Waals surface area contributed by atoms with Crippen LogP contribution in [0.4, 0.5) is 20.3 Å². The smallest absolute Gasteiger partial charge is 0.319 e. The second-order valence-corrected chi connectivity index (χ2v) is 22.9. The van der Waals surface area contributed by atoms with Gasteiger partial charge < -0.3 is 44.2 Å². The molecule has 6 fully saturated rings. The molecule has 2 aliphatic carbocycles. The lowest BCUT2D eigenvalue weighted by atomic mass is 9.55. The number of carbonyl (C=O) groups is 3. The number of halogens is 2. The van der Waals surface area contributed by atoms with Crippen molar-refractivity contribution in [1.82, 2.24) is 35.4 Å². The number of imide groups is 1.